The lowest BCUT2D eigenvalue weighted by Gasteiger charge is -2.08. The summed E-state index contributed by atoms with van der Waals surface area (Å²) in [6.07, 6.45) is 11.9. The van der Waals surface area contributed by atoms with Crippen molar-refractivity contribution in [3.8, 4) is 0 Å². The third kappa shape index (κ3) is 4.17. The summed E-state index contributed by atoms with van der Waals surface area (Å²) in [7, 11) is 0.0747. The molecular formula is C13H21NS. The Morgan fingerprint density at radius 3 is 2.93 bits per heavy atom. The van der Waals surface area contributed by atoms with Crippen LogP contribution in [-0.2, 0) is 0 Å². The molecular weight excluding hydrogens is 202 g/mol. The van der Waals surface area contributed by atoms with E-state index in [9.17, 15) is 0 Å². The third-order valence-electron chi connectivity index (χ3n) is 2.69. The van der Waals surface area contributed by atoms with Crippen LogP contribution >= 0.6 is 10.5 Å². The lowest BCUT2D eigenvalue weighted by molar-refractivity contribution is 0.584. The second-order valence-electron chi connectivity index (χ2n) is 4.19. The van der Waals surface area contributed by atoms with E-state index in [2.05, 4.69) is 43.1 Å². The first-order chi connectivity index (χ1) is 7.13. The van der Waals surface area contributed by atoms with Crippen LogP contribution in [0.2, 0.25) is 0 Å². The summed E-state index contributed by atoms with van der Waals surface area (Å²) in [5.41, 5.74) is 1.31. The zero-order chi connectivity index (χ0) is 11.3. The molecule has 0 spiro atoms. The second kappa shape index (κ2) is 6.06. The molecule has 0 bridgehead atoms. The van der Waals surface area contributed by atoms with Gasteiger partial charge in [-0.2, -0.15) is 10.5 Å². The Morgan fingerprint density at radius 1 is 1.60 bits per heavy atom. The van der Waals surface area contributed by atoms with Crippen LogP contribution in [-0.4, -0.2) is 17.8 Å². The molecule has 84 valence electrons. The minimum atomic E-state index is 0.0747. The number of hydrogen-bond donors (Lipinski definition) is 0. The van der Waals surface area contributed by atoms with Crippen LogP contribution < -0.4 is 0 Å². The molecule has 1 nitrogen and oxygen atoms in total. The van der Waals surface area contributed by atoms with Crippen molar-refractivity contribution < 1.29 is 0 Å². The van der Waals surface area contributed by atoms with E-state index in [1.165, 1.54) is 17.0 Å². The average Bonchev–Trinajstić information content (AvgIpc) is 2.43. The molecule has 0 saturated heterocycles. The zero-order valence-corrected chi connectivity index (χ0v) is 10.8. The van der Waals surface area contributed by atoms with Crippen molar-refractivity contribution in [1.82, 2.24) is 0 Å². The highest BCUT2D eigenvalue weighted by Crippen LogP contribution is 2.22. The van der Waals surface area contributed by atoms with Crippen LogP contribution in [0.3, 0.4) is 0 Å². The predicted octanol–water partition coefficient (Wildman–Crippen LogP) is 4.00. The highest BCUT2D eigenvalue weighted by Gasteiger charge is 2.05. The van der Waals surface area contributed by atoms with Gasteiger partial charge in [-0.1, -0.05) is 38.3 Å². The van der Waals surface area contributed by atoms with Crippen LogP contribution in [0.5, 0.6) is 0 Å². The summed E-state index contributed by atoms with van der Waals surface area (Å²) in [4.78, 5) is 5.83. The molecule has 0 fully saturated rings. The van der Waals surface area contributed by atoms with Gasteiger partial charge in [-0.3, -0.25) is 4.99 Å². The van der Waals surface area contributed by atoms with Crippen molar-refractivity contribution in [2.75, 3.05) is 6.26 Å². The van der Waals surface area contributed by atoms with Gasteiger partial charge in [-0.05, 0) is 18.6 Å². The molecule has 1 rings (SSSR count). The number of aliphatic imine (C=N–C) groups is 1. The summed E-state index contributed by atoms with van der Waals surface area (Å²) < 4.78 is 0. The van der Waals surface area contributed by atoms with Crippen molar-refractivity contribution in [2.45, 2.75) is 33.1 Å². The Balaban J connectivity index is 2.70. The molecule has 1 aliphatic heterocycles. The first-order valence-electron chi connectivity index (χ1n) is 5.51. The van der Waals surface area contributed by atoms with E-state index in [4.69, 9.17) is 0 Å². The lowest BCUT2D eigenvalue weighted by Crippen LogP contribution is -2.03. The molecule has 0 radical (unpaired) electrons. The van der Waals surface area contributed by atoms with Gasteiger partial charge in [-0.15, -0.1) is 0 Å². The van der Waals surface area contributed by atoms with Gasteiger partial charge in [0.15, 0.2) is 0 Å². The van der Waals surface area contributed by atoms with Gasteiger partial charge >= 0.3 is 0 Å². The third-order valence-corrected chi connectivity index (χ3v) is 3.74. The Morgan fingerprint density at radius 2 is 2.33 bits per heavy atom. The number of rotatable bonds is 4. The first-order valence-corrected chi connectivity index (χ1v) is 7.31. The minimum absolute atomic E-state index is 0.0747. The van der Waals surface area contributed by atoms with E-state index in [0.29, 0.717) is 0 Å². The van der Waals surface area contributed by atoms with Crippen LogP contribution in [0.15, 0.2) is 28.2 Å². The molecule has 2 unspecified atom stereocenters. The zero-order valence-electron chi connectivity index (χ0n) is 9.99. The Bertz CT molecular complexity index is 323. The fourth-order valence-corrected chi connectivity index (χ4v) is 2.01. The average molecular weight is 223 g/mol. The molecule has 0 aliphatic carbocycles. The normalized spacial score (nSPS) is 20.2. The van der Waals surface area contributed by atoms with Crippen LogP contribution in [0.4, 0.5) is 0 Å². The molecule has 15 heavy (non-hydrogen) atoms. The highest BCUT2D eigenvalue weighted by molar-refractivity contribution is 8.17. The first kappa shape index (κ1) is 12.4. The Hall–Kier alpha value is -0.630. The summed E-state index contributed by atoms with van der Waals surface area (Å²) in [5.74, 6) is 4.79. The molecule has 0 aromatic rings. The predicted molar refractivity (Wildman–Crippen MR) is 74.0 cm³/mol. The quantitative estimate of drug-likeness (QED) is 0.639. The number of hydrogen-bond acceptors (Lipinski definition) is 1. The molecule has 1 aliphatic rings. The molecule has 2 heteroatoms. The number of nitrogens with zero attached hydrogens (tertiary/aromatic N) is 1. The van der Waals surface area contributed by atoms with Crippen molar-refractivity contribution in [3.63, 3.8) is 0 Å². The second-order valence-corrected chi connectivity index (χ2v) is 5.93. The summed E-state index contributed by atoms with van der Waals surface area (Å²) in [6, 6.07) is 0. The van der Waals surface area contributed by atoms with Gasteiger partial charge in [0.2, 0.25) is 0 Å². The molecule has 0 saturated carbocycles. The summed E-state index contributed by atoms with van der Waals surface area (Å²) in [6.45, 7) is 4.52. The Labute approximate surface area is 95.9 Å². The minimum Gasteiger partial charge on any atom is -0.264 e. The van der Waals surface area contributed by atoms with E-state index >= 15 is 0 Å². The van der Waals surface area contributed by atoms with Crippen LogP contribution in [0.25, 0.3) is 0 Å². The largest absolute Gasteiger partial charge is 0.264 e. The van der Waals surface area contributed by atoms with Crippen LogP contribution in [0.1, 0.15) is 33.1 Å². The molecule has 1 heterocycles. The monoisotopic (exact) mass is 223 g/mol. The van der Waals surface area contributed by atoms with Crippen molar-refractivity contribution >= 4 is 22.1 Å². The maximum absolute atomic E-state index is 4.57. The van der Waals surface area contributed by atoms with Gasteiger partial charge in [-0.25, -0.2) is 0 Å². The molecule has 0 amide bonds. The van der Waals surface area contributed by atoms with E-state index in [1.807, 2.05) is 6.20 Å². The standard InChI is InChI=1S/C13H21NS/c1-5-11(2)9-12-7-6-8-13(10-14-12)15(3)4/h6,8,10-11H,3,5,7,9H2,1-2,4H3. The molecule has 0 N–H and O–H groups in total. The van der Waals surface area contributed by atoms with Gasteiger partial charge in [0.25, 0.3) is 0 Å². The van der Waals surface area contributed by atoms with Crippen molar-refractivity contribution in [3.05, 3.63) is 23.3 Å². The smallest absolute Gasteiger partial charge is 0.0398 e. The summed E-state index contributed by atoms with van der Waals surface area (Å²) in [5, 5.41) is 0. The fourth-order valence-electron chi connectivity index (χ4n) is 1.45. The maximum atomic E-state index is 4.57. The van der Waals surface area contributed by atoms with E-state index in [1.54, 1.807) is 0 Å². The van der Waals surface area contributed by atoms with Crippen molar-refractivity contribution in [1.29, 1.82) is 0 Å². The summed E-state index contributed by atoms with van der Waals surface area (Å²) >= 11 is 0. The van der Waals surface area contributed by atoms with Gasteiger partial charge in [0.05, 0.1) is 0 Å². The van der Waals surface area contributed by atoms with E-state index < -0.39 is 0 Å². The van der Waals surface area contributed by atoms with E-state index in [0.717, 1.165) is 18.8 Å². The van der Waals surface area contributed by atoms with Gasteiger partial charge in [0.1, 0.15) is 0 Å². The van der Waals surface area contributed by atoms with Gasteiger partial charge < -0.3 is 0 Å². The van der Waals surface area contributed by atoms with E-state index in [-0.39, 0.29) is 10.5 Å². The van der Waals surface area contributed by atoms with Gasteiger partial charge in [0, 0.05) is 23.2 Å². The maximum Gasteiger partial charge on any atom is 0.0398 e. The number of allylic oxidation sites excluding steroid dienone is 2. The topological polar surface area (TPSA) is 12.4 Å². The SMILES string of the molecule is C=S(C)C1=CN=C(CC(C)CC)CC=C1. The fraction of sp³-hybridized carbons (Fsp3) is 0.538. The molecule has 0 aromatic heterocycles. The van der Waals surface area contributed by atoms with Crippen molar-refractivity contribution in [2.24, 2.45) is 10.9 Å². The molecule has 0 aromatic carbocycles. The lowest BCUT2D eigenvalue weighted by atomic mass is 10.00. The van der Waals surface area contributed by atoms with Crippen LogP contribution in [0, 0.1) is 5.92 Å². The Kier molecular flexibility index (Phi) is 5.03. The highest BCUT2D eigenvalue weighted by atomic mass is 32.2. The molecule has 2 atom stereocenters.